The number of nitrogens with zero attached hydrogens (tertiary/aromatic N) is 2. The summed E-state index contributed by atoms with van der Waals surface area (Å²) in [6.07, 6.45) is 3.71. The van der Waals surface area contributed by atoms with Crippen molar-refractivity contribution in [1.82, 2.24) is 9.80 Å². The average Bonchev–Trinajstić information content (AvgIpc) is 2.33. The van der Waals surface area contributed by atoms with Crippen LogP contribution >= 0.6 is 0 Å². The first-order valence-electron chi connectivity index (χ1n) is 7.25. The molecule has 0 N–H and O–H groups in total. The van der Waals surface area contributed by atoms with Crippen molar-refractivity contribution in [3.8, 4) is 0 Å². The Hall–Kier alpha value is -0.120. The van der Waals surface area contributed by atoms with Gasteiger partial charge in [-0.3, -0.25) is 4.90 Å². The molecule has 3 nitrogen and oxygen atoms in total. The van der Waals surface area contributed by atoms with Crippen LogP contribution in [0.5, 0.6) is 0 Å². The van der Waals surface area contributed by atoms with Crippen LogP contribution in [0.2, 0.25) is 0 Å². The molecule has 3 heteroatoms. The van der Waals surface area contributed by atoms with Gasteiger partial charge in [0.1, 0.15) is 0 Å². The molecule has 0 atom stereocenters. The topological polar surface area (TPSA) is 15.7 Å². The van der Waals surface area contributed by atoms with E-state index < -0.39 is 0 Å². The average molecular weight is 240 g/mol. The van der Waals surface area contributed by atoms with Gasteiger partial charge in [0.15, 0.2) is 0 Å². The van der Waals surface area contributed by atoms with Crippen LogP contribution in [-0.2, 0) is 4.74 Å². The van der Waals surface area contributed by atoms with Gasteiger partial charge >= 0.3 is 0 Å². The van der Waals surface area contributed by atoms with Crippen molar-refractivity contribution in [1.29, 1.82) is 0 Å². The van der Waals surface area contributed by atoms with Crippen molar-refractivity contribution >= 4 is 0 Å². The third-order valence-corrected chi connectivity index (χ3v) is 4.32. The molecule has 1 spiro atoms. The molecule has 0 unspecified atom stereocenters. The zero-order chi connectivity index (χ0) is 12.3. The molecule has 100 valence electrons. The maximum Gasteiger partial charge on any atom is 0.0833 e. The highest BCUT2D eigenvalue weighted by Gasteiger charge is 2.39. The quantitative estimate of drug-likeness (QED) is 0.750. The predicted molar refractivity (Wildman–Crippen MR) is 71.4 cm³/mol. The molecule has 0 radical (unpaired) electrons. The van der Waals surface area contributed by atoms with Gasteiger partial charge in [-0.1, -0.05) is 6.92 Å². The lowest BCUT2D eigenvalue weighted by Gasteiger charge is -2.48. The molecule has 0 amide bonds. The van der Waals surface area contributed by atoms with Crippen molar-refractivity contribution in [2.24, 2.45) is 0 Å². The molecule has 0 aromatic rings. The van der Waals surface area contributed by atoms with E-state index in [1.165, 1.54) is 38.9 Å². The van der Waals surface area contributed by atoms with Crippen LogP contribution in [0.25, 0.3) is 0 Å². The highest BCUT2D eigenvalue weighted by atomic mass is 16.5. The standard InChI is InChI=1S/C14H28N2O/c1-4-7-15-8-5-14(6-9-15)12-16(13(2)3)10-11-17-14/h13H,4-12H2,1-3H3. The van der Waals surface area contributed by atoms with Crippen molar-refractivity contribution < 1.29 is 4.74 Å². The fourth-order valence-corrected chi connectivity index (χ4v) is 3.12. The maximum absolute atomic E-state index is 6.14. The van der Waals surface area contributed by atoms with Gasteiger partial charge in [-0.15, -0.1) is 0 Å². The summed E-state index contributed by atoms with van der Waals surface area (Å²) in [7, 11) is 0. The van der Waals surface area contributed by atoms with Gasteiger partial charge in [0.2, 0.25) is 0 Å². The summed E-state index contributed by atoms with van der Waals surface area (Å²) in [6.45, 7) is 13.7. The van der Waals surface area contributed by atoms with Gasteiger partial charge in [-0.25, -0.2) is 0 Å². The summed E-state index contributed by atoms with van der Waals surface area (Å²) in [4.78, 5) is 5.17. The molecule has 2 heterocycles. The van der Waals surface area contributed by atoms with Crippen LogP contribution in [-0.4, -0.2) is 60.8 Å². The Morgan fingerprint density at radius 3 is 2.47 bits per heavy atom. The van der Waals surface area contributed by atoms with Crippen molar-refractivity contribution in [3.05, 3.63) is 0 Å². The van der Waals surface area contributed by atoms with E-state index in [-0.39, 0.29) is 5.60 Å². The van der Waals surface area contributed by atoms with Crippen LogP contribution < -0.4 is 0 Å². The fourth-order valence-electron chi connectivity index (χ4n) is 3.12. The third-order valence-electron chi connectivity index (χ3n) is 4.32. The number of hydrogen-bond acceptors (Lipinski definition) is 3. The van der Waals surface area contributed by atoms with E-state index in [9.17, 15) is 0 Å². The molecule has 0 aliphatic carbocycles. The Kier molecular flexibility index (Phi) is 4.45. The van der Waals surface area contributed by atoms with Gasteiger partial charge in [-0.05, 0) is 39.7 Å². The lowest BCUT2D eigenvalue weighted by molar-refractivity contribution is -0.141. The minimum absolute atomic E-state index is 0.173. The van der Waals surface area contributed by atoms with E-state index in [4.69, 9.17) is 4.74 Å². The van der Waals surface area contributed by atoms with Crippen molar-refractivity contribution in [3.63, 3.8) is 0 Å². The maximum atomic E-state index is 6.14. The number of hydrogen-bond donors (Lipinski definition) is 0. The van der Waals surface area contributed by atoms with E-state index in [0.29, 0.717) is 6.04 Å². The van der Waals surface area contributed by atoms with Gasteiger partial charge < -0.3 is 9.64 Å². The molecular formula is C14H28N2O. The summed E-state index contributed by atoms with van der Waals surface area (Å²) in [5.41, 5.74) is 0.173. The van der Waals surface area contributed by atoms with E-state index in [2.05, 4.69) is 30.6 Å². The van der Waals surface area contributed by atoms with Crippen molar-refractivity contribution in [2.75, 3.05) is 39.3 Å². The molecule has 17 heavy (non-hydrogen) atoms. The second-order valence-electron chi connectivity index (χ2n) is 5.94. The second kappa shape index (κ2) is 5.68. The smallest absolute Gasteiger partial charge is 0.0833 e. The van der Waals surface area contributed by atoms with E-state index in [0.717, 1.165) is 19.7 Å². The van der Waals surface area contributed by atoms with Crippen molar-refractivity contribution in [2.45, 2.75) is 51.7 Å². The molecule has 2 rings (SSSR count). The molecule has 0 bridgehead atoms. The Labute approximate surface area is 106 Å². The van der Waals surface area contributed by atoms with Gasteiger partial charge in [0.05, 0.1) is 12.2 Å². The van der Waals surface area contributed by atoms with Gasteiger partial charge in [0.25, 0.3) is 0 Å². The monoisotopic (exact) mass is 240 g/mol. The van der Waals surface area contributed by atoms with Crippen LogP contribution in [0.3, 0.4) is 0 Å². The molecule has 2 aliphatic heterocycles. The molecule has 2 fully saturated rings. The first kappa shape index (κ1) is 13.3. The highest BCUT2D eigenvalue weighted by Crippen LogP contribution is 2.30. The Bertz CT molecular complexity index is 234. The van der Waals surface area contributed by atoms with Crippen LogP contribution in [0.4, 0.5) is 0 Å². The molecule has 2 saturated heterocycles. The Balaban J connectivity index is 1.88. The Morgan fingerprint density at radius 1 is 1.18 bits per heavy atom. The summed E-state index contributed by atoms with van der Waals surface area (Å²) in [5, 5.41) is 0. The minimum atomic E-state index is 0.173. The van der Waals surface area contributed by atoms with Gasteiger partial charge in [0, 0.05) is 32.2 Å². The summed E-state index contributed by atoms with van der Waals surface area (Å²) < 4.78 is 6.14. The normalized spacial score (nSPS) is 26.8. The van der Waals surface area contributed by atoms with Crippen LogP contribution in [0.1, 0.15) is 40.0 Å². The summed E-state index contributed by atoms with van der Waals surface area (Å²) >= 11 is 0. The SMILES string of the molecule is CCCN1CCC2(CC1)CN(C(C)C)CCO2. The summed E-state index contributed by atoms with van der Waals surface area (Å²) in [6, 6.07) is 0.657. The molecule has 0 saturated carbocycles. The largest absolute Gasteiger partial charge is 0.372 e. The minimum Gasteiger partial charge on any atom is -0.372 e. The predicted octanol–water partition coefficient (Wildman–Crippen LogP) is 1.97. The van der Waals surface area contributed by atoms with Gasteiger partial charge in [-0.2, -0.15) is 0 Å². The third kappa shape index (κ3) is 3.21. The molecule has 0 aromatic carbocycles. The van der Waals surface area contributed by atoms with Crippen LogP contribution in [0, 0.1) is 0 Å². The second-order valence-corrected chi connectivity index (χ2v) is 5.94. The number of ether oxygens (including phenoxy) is 1. The van der Waals surface area contributed by atoms with E-state index in [1.54, 1.807) is 0 Å². The fraction of sp³-hybridized carbons (Fsp3) is 1.00. The van der Waals surface area contributed by atoms with Crippen LogP contribution in [0.15, 0.2) is 0 Å². The lowest BCUT2D eigenvalue weighted by Crippen LogP contribution is -2.58. The zero-order valence-electron chi connectivity index (χ0n) is 11.7. The highest BCUT2D eigenvalue weighted by molar-refractivity contribution is 4.93. The first-order valence-corrected chi connectivity index (χ1v) is 7.25. The number of piperidine rings is 1. The first-order chi connectivity index (χ1) is 8.15. The van der Waals surface area contributed by atoms with E-state index >= 15 is 0 Å². The molecule has 0 aromatic heterocycles. The zero-order valence-corrected chi connectivity index (χ0v) is 11.7. The number of rotatable bonds is 3. The molecule has 2 aliphatic rings. The van der Waals surface area contributed by atoms with E-state index in [1.807, 2.05) is 0 Å². The Morgan fingerprint density at radius 2 is 1.88 bits per heavy atom. The molecular weight excluding hydrogens is 212 g/mol. The lowest BCUT2D eigenvalue weighted by atomic mass is 9.89. The number of likely N-dealkylation sites (tertiary alicyclic amines) is 1. The summed E-state index contributed by atoms with van der Waals surface area (Å²) in [5.74, 6) is 0. The number of morpholine rings is 1.